The molecule has 2 heterocycles. The molecule has 0 radical (unpaired) electrons. The number of benzene rings is 4. The van der Waals surface area contributed by atoms with Crippen LogP contribution in [0.3, 0.4) is 0 Å². The van der Waals surface area contributed by atoms with E-state index in [2.05, 4.69) is 34.5 Å². The summed E-state index contributed by atoms with van der Waals surface area (Å²) < 4.78 is 20.9. The summed E-state index contributed by atoms with van der Waals surface area (Å²) in [5.41, 5.74) is 5.79. The van der Waals surface area contributed by atoms with Crippen molar-refractivity contribution in [2.75, 3.05) is 37.8 Å². The third-order valence-electron chi connectivity index (χ3n) is 9.16. The molecular weight excluding hydrogens is 617 g/mol. The van der Waals surface area contributed by atoms with Gasteiger partial charge in [-0.15, -0.1) is 0 Å². The minimum atomic E-state index is -0.598. The van der Waals surface area contributed by atoms with Crippen LogP contribution in [0, 0.1) is 5.82 Å². The molecule has 10 heteroatoms. The maximum atomic E-state index is 14.1. The highest BCUT2D eigenvalue weighted by Crippen LogP contribution is 2.44. The van der Waals surface area contributed by atoms with Crippen molar-refractivity contribution in [1.82, 2.24) is 19.9 Å². The number of ether oxygens (including phenoxy) is 1. The number of aromatic nitrogens is 2. The normalized spacial score (nSPS) is 15.3. The van der Waals surface area contributed by atoms with Gasteiger partial charge in [0.2, 0.25) is 0 Å². The molecule has 1 amide bonds. The van der Waals surface area contributed by atoms with Crippen LogP contribution in [0.1, 0.15) is 47.8 Å². The van der Waals surface area contributed by atoms with E-state index in [1.165, 1.54) is 12.1 Å². The second kappa shape index (κ2) is 13.2. The molecule has 4 aromatic carbocycles. The smallest absolute Gasteiger partial charge is 0.407 e. The van der Waals surface area contributed by atoms with Crippen molar-refractivity contribution in [3.63, 3.8) is 0 Å². The molecule has 5 aromatic rings. The Balaban J connectivity index is 1.12. The summed E-state index contributed by atoms with van der Waals surface area (Å²) >= 11 is 6.53. The number of fused-ring (bicyclic) bond motifs is 4. The first-order valence-corrected chi connectivity index (χ1v) is 16.3. The van der Waals surface area contributed by atoms with Gasteiger partial charge >= 0.3 is 6.09 Å². The van der Waals surface area contributed by atoms with E-state index in [4.69, 9.17) is 21.3 Å². The van der Waals surface area contributed by atoms with Crippen LogP contribution in [0.4, 0.5) is 9.18 Å². The fourth-order valence-corrected chi connectivity index (χ4v) is 7.02. The molecule has 1 aliphatic heterocycles. The Morgan fingerprint density at radius 2 is 1.60 bits per heavy atom. The third-order valence-corrected chi connectivity index (χ3v) is 9.47. The van der Waals surface area contributed by atoms with E-state index in [-0.39, 0.29) is 23.9 Å². The molecule has 0 saturated carbocycles. The van der Waals surface area contributed by atoms with Crippen molar-refractivity contribution in [2.24, 2.45) is 0 Å². The highest BCUT2D eigenvalue weighted by Gasteiger charge is 2.31. The maximum Gasteiger partial charge on any atom is 0.407 e. The summed E-state index contributed by atoms with van der Waals surface area (Å²) in [7, 11) is 0. The zero-order chi connectivity index (χ0) is 32.5. The monoisotopic (exact) mass is 651 g/mol. The van der Waals surface area contributed by atoms with Crippen molar-refractivity contribution >= 4 is 28.6 Å². The van der Waals surface area contributed by atoms with Crippen molar-refractivity contribution in [2.45, 2.75) is 31.8 Å². The standard InChI is InChI=1S/C37H35ClFN5O3/c1-2-32(41-37(46)47-23-30-28-10-5-3-8-26(28)27-9-4-6-11-29(27)30)35-40-33-13-7-12-31(38)34(33)36(45)44(35)43-20-18-42(19-21-43)22-24-14-16-25(39)17-15-24/h3-17,30,32H,2,18-23H2,1H3,(H,41,46)/t32-/m0/s1. The van der Waals surface area contributed by atoms with Crippen LogP contribution in [0.25, 0.3) is 22.0 Å². The van der Waals surface area contributed by atoms with E-state index in [9.17, 15) is 14.0 Å². The van der Waals surface area contributed by atoms with Crippen molar-refractivity contribution in [3.8, 4) is 11.1 Å². The Morgan fingerprint density at radius 1 is 0.936 bits per heavy atom. The molecule has 1 aliphatic carbocycles. The Labute approximate surface area is 277 Å². The number of carbonyl (C=O) groups excluding carboxylic acids is 1. The quantitative estimate of drug-likeness (QED) is 0.203. The fourth-order valence-electron chi connectivity index (χ4n) is 6.77. The van der Waals surface area contributed by atoms with Crippen LogP contribution >= 0.6 is 11.6 Å². The lowest BCUT2D eigenvalue weighted by atomic mass is 9.98. The van der Waals surface area contributed by atoms with E-state index in [0.29, 0.717) is 60.9 Å². The number of hydrogen-bond donors (Lipinski definition) is 1. The molecule has 0 spiro atoms. The van der Waals surface area contributed by atoms with Gasteiger partial charge in [-0.3, -0.25) is 9.69 Å². The first-order chi connectivity index (χ1) is 22.9. The molecule has 2 aliphatic rings. The van der Waals surface area contributed by atoms with Crippen LogP contribution in [-0.4, -0.2) is 53.4 Å². The molecule has 1 fully saturated rings. The average molecular weight is 652 g/mol. The van der Waals surface area contributed by atoms with E-state index < -0.39 is 12.1 Å². The molecule has 0 unspecified atom stereocenters. The Hall–Kier alpha value is -4.73. The predicted molar refractivity (Wildman–Crippen MR) is 182 cm³/mol. The number of carbonyl (C=O) groups is 1. The number of rotatable bonds is 8. The molecule has 8 nitrogen and oxygen atoms in total. The summed E-state index contributed by atoms with van der Waals surface area (Å²) in [6.45, 7) is 5.26. The lowest BCUT2D eigenvalue weighted by Gasteiger charge is -2.38. The van der Waals surface area contributed by atoms with Gasteiger partial charge in [0.25, 0.3) is 5.56 Å². The molecule has 1 atom stereocenters. The van der Waals surface area contributed by atoms with E-state index in [0.717, 1.165) is 27.8 Å². The van der Waals surface area contributed by atoms with Crippen LogP contribution in [0.15, 0.2) is 95.8 Å². The minimum absolute atomic E-state index is 0.0708. The summed E-state index contributed by atoms with van der Waals surface area (Å²) in [5, 5.41) is 5.63. The van der Waals surface area contributed by atoms with Gasteiger partial charge in [0, 0.05) is 38.6 Å². The summed E-state index contributed by atoms with van der Waals surface area (Å²) in [6, 6.07) is 27.5. The molecule has 1 N–H and O–H groups in total. The number of nitrogens with zero attached hydrogens (tertiary/aromatic N) is 4. The van der Waals surface area contributed by atoms with Gasteiger partial charge in [-0.25, -0.2) is 18.8 Å². The lowest BCUT2D eigenvalue weighted by Crippen LogP contribution is -2.55. The SMILES string of the molecule is CC[C@H](NC(=O)OCC1c2ccccc2-c2ccccc21)c1nc2cccc(Cl)c2c(=O)n1N1CCN(Cc2ccc(F)cc2)CC1. The van der Waals surface area contributed by atoms with Crippen LogP contribution < -0.4 is 15.9 Å². The van der Waals surface area contributed by atoms with Gasteiger partial charge in [-0.05, 0) is 58.5 Å². The minimum Gasteiger partial charge on any atom is -0.449 e. The summed E-state index contributed by atoms with van der Waals surface area (Å²) in [5.74, 6) is 0.0939. The molecule has 47 heavy (non-hydrogen) atoms. The Bertz CT molecular complexity index is 1950. The van der Waals surface area contributed by atoms with Gasteiger partial charge in [-0.2, -0.15) is 0 Å². The zero-order valence-electron chi connectivity index (χ0n) is 26.0. The molecule has 7 rings (SSSR count). The highest BCUT2D eigenvalue weighted by molar-refractivity contribution is 6.35. The van der Waals surface area contributed by atoms with Gasteiger partial charge < -0.3 is 15.1 Å². The molecule has 240 valence electrons. The number of alkyl carbamates (subject to hydrolysis) is 1. The Kier molecular flexibility index (Phi) is 8.66. The van der Waals surface area contributed by atoms with E-state index in [1.54, 1.807) is 35.0 Å². The number of halogens is 2. The molecular formula is C37H35ClFN5O3. The van der Waals surface area contributed by atoms with Gasteiger partial charge in [0.15, 0.2) is 5.82 Å². The van der Waals surface area contributed by atoms with E-state index in [1.807, 2.05) is 36.2 Å². The first-order valence-electron chi connectivity index (χ1n) is 16.0. The van der Waals surface area contributed by atoms with Crippen LogP contribution in [-0.2, 0) is 11.3 Å². The molecule has 0 bridgehead atoms. The van der Waals surface area contributed by atoms with Crippen molar-refractivity contribution in [3.05, 3.63) is 135 Å². The summed E-state index contributed by atoms with van der Waals surface area (Å²) in [6.07, 6.45) is -0.0948. The van der Waals surface area contributed by atoms with E-state index >= 15 is 0 Å². The second-order valence-corrected chi connectivity index (χ2v) is 12.4. The molecule has 1 saturated heterocycles. The van der Waals surface area contributed by atoms with Gasteiger partial charge in [-0.1, -0.05) is 85.3 Å². The lowest BCUT2D eigenvalue weighted by molar-refractivity contribution is 0.137. The topological polar surface area (TPSA) is 79.7 Å². The highest BCUT2D eigenvalue weighted by atomic mass is 35.5. The number of hydrogen-bond acceptors (Lipinski definition) is 6. The fraction of sp³-hybridized carbons (Fsp3) is 0.270. The predicted octanol–water partition coefficient (Wildman–Crippen LogP) is 6.63. The third kappa shape index (κ3) is 6.08. The zero-order valence-corrected chi connectivity index (χ0v) is 26.8. The van der Waals surface area contributed by atoms with Gasteiger partial charge in [0.05, 0.1) is 22.0 Å². The second-order valence-electron chi connectivity index (χ2n) is 12.0. The average Bonchev–Trinajstić information content (AvgIpc) is 3.41. The van der Waals surface area contributed by atoms with Crippen molar-refractivity contribution < 1.29 is 13.9 Å². The van der Waals surface area contributed by atoms with Crippen LogP contribution in [0.5, 0.6) is 0 Å². The van der Waals surface area contributed by atoms with Gasteiger partial charge in [0.1, 0.15) is 12.4 Å². The number of piperazine rings is 1. The molecule has 1 aromatic heterocycles. The maximum absolute atomic E-state index is 14.1. The van der Waals surface area contributed by atoms with Crippen molar-refractivity contribution in [1.29, 1.82) is 0 Å². The first kappa shape index (κ1) is 30.9. The number of amides is 1. The Morgan fingerprint density at radius 3 is 2.26 bits per heavy atom. The summed E-state index contributed by atoms with van der Waals surface area (Å²) in [4.78, 5) is 34.7. The van der Waals surface area contributed by atoms with Crippen LogP contribution in [0.2, 0.25) is 5.02 Å². The number of nitrogens with one attached hydrogen (secondary N) is 1. The largest absolute Gasteiger partial charge is 0.449 e.